The number of amides is 1. The van der Waals surface area contributed by atoms with E-state index in [1.165, 1.54) is 17.7 Å². The van der Waals surface area contributed by atoms with Gasteiger partial charge in [0.2, 0.25) is 11.8 Å². The Hall–Kier alpha value is -4.57. The van der Waals surface area contributed by atoms with Crippen molar-refractivity contribution in [2.24, 2.45) is 5.41 Å². The number of allylic oxidation sites excluding steroid dienone is 2. The summed E-state index contributed by atoms with van der Waals surface area (Å²) in [5.74, 6) is -0.205. The number of anilines is 1. The lowest BCUT2D eigenvalue weighted by atomic mass is 9.87. The van der Waals surface area contributed by atoms with E-state index in [-0.39, 0.29) is 46.8 Å². The van der Waals surface area contributed by atoms with Crippen LogP contribution in [0.2, 0.25) is 0 Å². The van der Waals surface area contributed by atoms with E-state index < -0.39 is 16.1 Å². The number of ether oxygens (including phenoxy) is 1. The van der Waals surface area contributed by atoms with Gasteiger partial charge in [-0.25, -0.2) is 18.1 Å². The number of benzene rings is 2. The van der Waals surface area contributed by atoms with Gasteiger partial charge in [-0.3, -0.25) is 9.78 Å². The van der Waals surface area contributed by atoms with Gasteiger partial charge < -0.3 is 9.64 Å². The molecule has 1 amide bonds. The van der Waals surface area contributed by atoms with E-state index in [2.05, 4.69) is 41.5 Å². The minimum Gasteiger partial charge on any atom is -0.475 e. The number of nitrogens with zero attached hydrogens (tertiary/aromatic N) is 4. The van der Waals surface area contributed by atoms with Crippen molar-refractivity contribution in [3.63, 3.8) is 0 Å². The quantitative estimate of drug-likeness (QED) is 0.240. The van der Waals surface area contributed by atoms with Crippen LogP contribution in [0.3, 0.4) is 0 Å². The predicted molar refractivity (Wildman–Crippen MR) is 183 cm³/mol. The second-order valence-corrected chi connectivity index (χ2v) is 15.3. The fraction of sp³-hybridized carbons (Fsp3) is 0.351. The molecule has 0 radical (unpaired) electrons. The molecule has 0 saturated carbocycles. The lowest BCUT2D eigenvalue weighted by molar-refractivity contribution is 0.0509. The molecule has 2 aliphatic rings. The molecule has 0 unspecified atom stereocenters. The van der Waals surface area contributed by atoms with E-state index in [4.69, 9.17) is 9.72 Å². The summed E-state index contributed by atoms with van der Waals surface area (Å²) in [5, 5.41) is 0. The number of aromatic nitrogens is 3. The number of hydrogen-bond donors (Lipinski definition) is 1. The second kappa shape index (κ2) is 12.9. The van der Waals surface area contributed by atoms with Gasteiger partial charge in [0.05, 0.1) is 34.6 Å². The van der Waals surface area contributed by atoms with Gasteiger partial charge in [-0.1, -0.05) is 57.2 Å². The number of carbonyl (C=O) groups excluding carboxylic acids is 1. The Morgan fingerprint density at radius 2 is 1.68 bits per heavy atom. The lowest BCUT2D eigenvalue weighted by Crippen LogP contribution is -2.45. The molecule has 1 aliphatic carbocycles. The maximum atomic E-state index is 14.5. The molecular formula is C37H41N5O4S. The van der Waals surface area contributed by atoms with Crippen molar-refractivity contribution in [2.45, 2.75) is 77.8 Å². The van der Waals surface area contributed by atoms with Gasteiger partial charge in [0, 0.05) is 17.2 Å². The van der Waals surface area contributed by atoms with Crippen molar-refractivity contribution in [3.8, 4) is 17.1 Å². The molecule has 10 heteroatoms. The zero-order valence-corrected chi connectivity index (χ0v) is 28.4. The molecule has 3 heterocycles. The molecule has 1 N–H and O–H groups in total. The first-order chi connectivity index (χ1) is 22.4. The maximum absolute atomic E-state index is 14.5. The Balaban J connectivity index is 1.48. The van der Waals surface area contributed by atoms with E-state index in [0.717, 1.165) is 47.3 Å². The average molecular weight is 652 g/mol. The summed E-state index contributed by atoms with van der Waals surface area (Å²) < 4.78 is 36.3. The van der Waals surface area contributed by atoms with Crippen molar-refractivity contribution in [2.75, 3.05) is 11.3 Å². The van der Waals surface area contributed by atoms with Crippen molar-refractivity contribution < 1.29 is 17.9 Å². The average Bonchev–Trinajstić information content (AvgIpc) is 3.56. The van der Waals surface area contributed by atoms with Crippen LogP contribution in [0.25, 0.3) is 16.8 Å². The number of sulfonamides is 1. The fourth-order valence-corrected chi connectivity index (χ4v) is 7.36. The van der Waals surface area contributed by atoms with Gasteiger partial charge in [-0.05, 0) is 92.0 Å². The largest absolute Gasteiger partial charge is 0.475 e. The van der Waals surface area contributed by atoms with Crippen molar-refractivity contribution in [3.05, 3.63) is 101 Å². The molecule has 244 valence electrons. The van der Waals surface area contributed by atoms with Gasteiger partial charge in [-0.15, -0.1) is 0 Å². The molecule has 0 saturated heterocycles. The highest BCUT2D eigenvalue weighted by Gasteiger charge is 2.32. The molecule has 47 heavy (non-hydrogen) atoms. The van der Waals surface area contributed by atoms with E-state index in [1.54, 1.807) is 23.1 Å². The zero-order chi connectivity index (χ0) is 33.3. The topological polar surface area (TPSA) is 114 Å². The summed E-state index contributed by atoms with van der Waals surface area (Å²) >= 11 is 0. The van der Waals surface area contributed by atoms with Crippen LogP contribution in [-0.2, 0) is 16.6 Å². The number of fused-ring (bicyclic) bond motifs is 4. The maximum Gasteiger partial charge on any atom is 0.264 e. The zero-order valence-electron chi connectivity index (χ0n) is 27.6. The Bertz CT molecular complexity index is 1950. The molecular weight excluding hydrogens is 611 g/mol. The van der Waals surface area contributed by atoms with Crippen LogP contribution in [0.5, 0.6) is 5.88 Å². The summed E-state index contributed by atoms with van der Waals surface area (Å²) in [4.78, 5) is 30.2. The van der Waals surface area contributed by atoms with E-state index >= 15 is 0 Å². The van der Waals surface area contributed by atoms with Crippen LogP contribution in [0.15, 0.2) is 77.7 Å². The fourth-order valence-electron chi connectivity index (χ4n) is 6.37. The number of rotatable bonds is 5. The summed E-state index contributed by atoms with van der Waals surface area (Å²) in [6.45, 7) is 10.7. The molecule has 9 nitrogen and oxygen atoms in total. The molecule has 4 bridgehead atoms. The molecule has 0 fully saturated rings. The number of carbonyl (C=O) groups is 1. The highest BCUT2D eigenvalue weighted by Crippen LogP contribution is 2.32. The van der Waals surface area contributed by atoms with Crippen LogP contribution in [0.4, 0.5) is 5.95 Å². The summed E-state index contributed by atoms with van der Waals surface area (Å²) in [6, 6.07) is 19.3. The normalized spacial score (nSPS) is 17.9. The molecule has 0 spiro atoms. The summed E-state index contributed by atoms with van der Waals surface area (Å²) in [6.07, 6.45) is 5.98. The molecule has 4 aromatic rings. The predicted octanol–water partition coefficient (Wildman–Crippen LogP) is 7.36. The minimum absolute atomic E-state index is 0.0632. The number of pyridine rings is 1. The molecule has 1 atom stereocenters. The highest BCUT2D eigenvalue weighted by molar-refractivity contribution is 7.92. The highest BCUT2D eigenvalue weighted by atomic mass is 32.2. The van der Waals surface area contributed by atoms with Gasteiger partial charge in [0.25, 0.3) is 15.9 Å². The third kappa shape index (κ3) is 7.38. The third-order valence-electron chi connectivity index (χ3n) is 8.54. The van der Waals surface area contributed by atoms with Crippen LogP contribution < -0.4 is 9.46 Å². The number of hydrogen-bond acceptors (Lipinski definition) is 7. The van der Waals surface area contributed by atoms with E-state index in [9.17, 15) is 13.2 Å². The first-order valence-corrected chi connectivity index (χ1v) is 17.5. The van der Waals surface area contributed by atoms with Gasteiger partial charge in [-0.2, -0.15) is 4.98 Å². The van der Waals surface area contributed by atoms with Gasteiger partial charge >= 0.3 is 0 Å². The van der Waals surface area contributed by atoms with Crippen LogP contribution in [-0.4, -0.2) is 46.8 Å². The van der Waals surface area contributed by atoms with Crippen molar-refractivity contribution in [1.82, 2.24) is 19.9 Å². The summed E-state index contributed by atoms with van der Waals surface area (Å²) in [7, 11) is -4.16. The SMILES string of the molecule is Cc1cccc(C)c1-c1cc2nc(n1)NS(=O)(=O)c1cccc(c1)C(=O)N(Cc1cccc(C3=CCCC3)n1)[C@H](CC(C)(C)C)CO2. The van der Waals surface area contributed by atoms with Crippen molar-refractivity contribution in [1.29, 1.82) is 0 Å². The second-order valence-electron chi connectivity index (χ2n) is 13.6. The minimum atomic E-state index is -4.16. The molecule has 6 rings (SSSR count). The number of nitrogens with one attached hydrogen (secondary N) is 1. The third-order valence-corrected chi connectivity index (χ3v) is 9.87. The monoisotopic (exact) mass is 651 g/mol. The molecule has 2 aromatic heterocycles. The Morgan fingerprint density at radius 1 is 0.936 bits per heavy atom. The van der Waals surface area contributed by atoms with E-state index in [1.807, 2.05) is 50.2 Å². The number of aryl methyl sites for hydroxylation is 2. The Kier molecular flexibility index (Phi) is 8.89. The summed E-state index contributed by atoms with van der Waals surface area (Å²) in [5.41, 5.74) is 6.36. The molecule has 2 aromatic carbocycles. The molecule has 1 aliphatic heterocycles. The first kappa shape index (κ1) is 32.4. The van der Waals surface area contributed by atoms with Crippen LogP contribution >= 0.6 is 0 Å². The first-order valence-electron chi connectivity index (χ1n) is 16.0. The Morgan fingerprint density at radius 3 is 2.40 bits per heavy atom. The standard InChI is InChI=1S/C37H41N5O4S/c1-24-11-8-12-25(2)34(24)32-20-33-40-36(39-32)41-47(44,45)30-17-9-15-27(19-30)35(43)42(29(23-46-33)21-37(3,4)5)22-28-16-10-18-31(38-28)26-13-6-7-14-26/h8-13,15-20,29H,6-7,14,21-23H2,1-5H3,(H,39,40,41)/t29-/m1/s1. The van der Waals surface area contributed by atoms with Crippen LogP contribution in [0, 0.1) is 19.3 Å². The van der Waals surface area contributed by atoms with Gasteiger partial charge in [0.1, 0.15) is 6.61 Å². The van der Waals surface area contributed by atoms with Crippen molar-refractivity contribution >= 4 is 27.5 Å². The van der Waals surface area contributed by atoms with Gasteiger partial charge in [0.15, 0.2) is 0 Å². The smallest absolute Gasteiger partial charge is 0.264 e. The van der Waals surface area contributed by atoms with Crippen LogP contribution in [0.1, 0.15) is 79.3 Å². The van der Waals surface area contributed by atoms with E-state index in [0.29, 0.717) is 12.1 Å². The lowest BCUT2D eigenvalue weighted by Gasteiger charge is -2.35. The Labute approximate surface area is 277 Å².